The van der Waals surface area contributed by atoms with Gasteiger partial charge in [-0.25, -0.2) is 4.39 Å². The normalized spacial score (nSPS) is 25.8. The number of halogens is 1. The summed E-state index contributed by atoms with van der Waals surface area (Å²) in [5.41, 5.74) is 0.695. The first-order valence-corrected chi connectivity index (χ1v) is 9.81. The summed E-state index contributed by atoms with van der Waals surface area (Å²) in [5, 5.41) is 10.7. The van der Waals surface area contributed by atoms with Gasteiger partial charge in [0.05, 0.1) is 5.60 Å². The van der Waals surface area contributed by atoms with Gasteiger partial charge in [0.1, 0.15) is 5.82 Å². The highest BCUT2D eigenvalue weighted by molar-refractivity contribution is 5.46. The van der Waals surface area contributed by atoms with Gasteiger partial charge in [-0.2, -0.15) is 0 Å². The van der Waals surface area contributed by atoms with E-state index in [0.717, 1.165) is 64.3 Å². The molecule has 3 aliphatic rings. The molecule has 0 aromatic heterocycles. The lowest BCUT2D eigenvalue weighted by Gasteiger charge is -2.50. The van der Waals surface area contributed by atoms with Crippen LogP contribution in [0.5, 0.6) is 0 Å². The van der Waals surface area contributed by atoms with E-state index in [1.54, 1.807) is 12.1 Å². The standard InChI is InChI=1S/C20H30FN3O/c21-17-4-6-18(7-5-17)23-10-12-24(13-11-23)19-14-22(15-19)16-20(25)8-2-1-3-9-20/h4-7,19,25H,1-3,8-16H2. The number of β-amino-alcohol motifs (C(OH)–C–C–N with tert-alkyl or cyclic N) is 1. The Bertz CT molecular complexity index is 559. The fourth-order valence-corrected chi connectivity index (χ4v) is 4.68. The van der Waals surface area contributed by atoms with Crippen molar-refractivity contribution in [3.05, 3.63) is 30.1 Å². The lowest BCUT2D eigenvalue weighted by Crippen LogP contribution is -2.65. The molecular weight excluding hydrogens is 317 g/mol. The third-order valence-electron chi connectivity index (χ3n) is 6.26. The Labute approximate surface area is 150 Å². The monoisotopic (exact) mass is 347 g/mol. The molecule has 0 amide bonds. The molecule has 0 spiro atoms. The molecule has 2 saturated heterocycles. The second-order valence-electron chi connectivity index (χ2n) is 8.13. The van der Waals surface area contributed by atoms with Gasteiger partial charge in [0.2, 0.25) is 0 Å². The Kier molecular flexibility index (Phi) is 4.98. The Morgan fingerprint density at radius 1 is 0.960 bits per heavy atom. The van der Waals surface area contributed by atoms with Crippen molar-refractivity contribution in [3.63, 3.8) is 0 Å². The van der Waals surface area contributed by atoms with Crippen molar-refractivity contribution in [1.29, 1.82) is 0 Å². The minimum atomic E-state index is -0.426. The van der Waals surface area contributed by atoms with Crippen LogP contribution in [0.15, 0.2) is 24.3 Å². The number of benzene rings is 1. The third kappa shape index (κ3) is 3.99. The molecule has 1 aromatic carbocycles. The minimum Gasteiger partial charge on any atom is -0.389 e. The number of piperazine rings is 1. The van der Waals surface area contributed by atoms with E-state index in [1.807, 2.05) is 12.1 Å². The van der Waals surface area contributed by atoms with Crippen molar-refractivity contribution < 1.29 is 9.50 Å². The molecule has 4 rings (SSSR count). The van der Waals surface area contributed by atoms with Gasteiger partial charge >= 0.3 is 0 Å². The van der Waals surface area contributed by atoms with E-state index in [0.29, 0.717) is 6.04 Å². The summed E-state index contributed by atoms with van der Waals surface area (Å²) in [6.07, 6.45) is 5.59. The predicted molar refractivity (Wildman–Crippen MR) is 98.4 cm³/mol. The lowest BCUT2D eigenvalue weighted by molar-refractivity contribution is -0.0634. The van der Waals surface area contributed by atoms with Gasteiger partial charge in [-0.15, -0.1) is 0 Å². The minimum absolute atomic E-state index is 0.170. The van der Waals surface area contributed by atoms with Crippen LogP contribution >= 0.6 is 0 Å². The molecule has 2 heterocycles. The zero-order chi connectivity index (χ0) is 17.3. The second kappa shape index (κ2) is 7.22. The number of likely N-dealkylation sites (tertiary alicyclic amines) is 1. The van der Waals surface area contributed by atoms with Crippen molar-refractivity contribution in [3.8, 4) is 0 Å². The highest BCUT2D eigenvalue weighted by atomic mass is 19.1. The van der Waals surface area contributed by atoms with Crippen LogP contribution in [0.2, 0.25) is 0 Å². The SMILES string of the molecule is OC1(CN2CC(N3CCN(c4ccc(F)cc4)CC3)C2)CCCCC1. The van der Waals surface area contributed by atoms with E-state index >= 15 is 0 Å². The summed E-state index contributed by atoms with van der Waals surface area (Å²) in [5.74, 6) is -0.170. The maximum absolute atomic E-state index is 13.1. The first-order valence-electron chi connectivity index (χ1n) is 9.81. The first-order chi connectivity index (χ1) is 12.1. The first kappa shape index (κ1) is 17.3. The van der Waals surface area contributed by atoms with E-state index < -0.39 is 5.60 Å². The number of rotatable bonds is 4. The summed E-state index contributed by atoms with van der Waals surface area (Å²) < 4.78 is 13.1. The molecule has 0 bridgehead atoms. The van der Waals surface area contributed by atoms with Gasteiger partial charge in [0.15, 0.2) is 0 Å². The number of nitrogens with zero attached hydrogens (tertiary/aromatic N) is 3. The van der Waals surface area contributed by atoms with Gasteiger partial charge in [0.25, 0.3) is 0 Å². The highest BCUT2D eigenvalue weighted by Gasteiger charge is 2.38. The lowest BCUT2D eigenvalue weighted by atomic mass is 9.83. The Morgan fingerprint density at radius 2 is 1.60 bits per heavy atom. The molecule has 1 aliphatic carbocycles. The second-order valence-corrected chi connectivity index (χ2v) is 8.13. The molecule has 0 radical (unpaired) electrons. The van der Waals surface area contributed by atoms with Crippen LogP contribution in [-0.2, 0) is 0 Å². The van der Waals surface area contributed by atoms with Crippen molar-refractivity contribution >= 4 is 5.69 Å². The van der Waals surface area contributed by atoms with Crippen molar-refractivity contribution in [2.75, 3.05) is 50.7 Å². The fraction of sp³-hybridized carbons (Fsp3) is 0.700. The maximum Gasteiger partial charge on any atom is 0.123 e. The summed E-state index contributed by atoms with van der Waals surface area (Å²) in [4.78, 5) is 7.36. The largest absolute Gasteiger partial charge is 0.389 e. The van der Waals surface area contributed by atoms with E-state index in [4.69, 9.17) is 0 Å². The van der Waals surface area contributed by atoms with Crippen LogP contribution in [0.1, 0.15) is 32.1 Å². The van der Waals surface area contributed by atoms with Gasteiger partial charge in [0, 0.05) is 57.5 Å². The zero-order valence-corrected chi connectivity index (χ0v) is 15.0. The van der Waals surface area contributed by atoms with Gasteiger partial charge in [-0.3, -0.25) is 9.80 Å². The Balaban J connectivity index is 1.21. The number of aliphatic hydroxyl groups is 1. The van der Waals surface area contributed by atoms with E-state index in [-0.39, 0.29) is 5.82 Å². The van der Waals surface area contributed by atoms with Crippen LogP contribution in [0.4, 0.5) is 10.1 Å². The zero-order valence-electron chi connectivity index (χ0n) is 15.0. The predicted octanol–water partition coefficient (Wildman–Crippen LogP) is 2.33. The summed E-state index contributed by atoms with van der Waals surface area (Å²) in [6.45, 7) is 7.20. The smallest absolute Gasteiger partial charge is 0.123 e. The Morgan fingerprint density at radius 3 is 2.24 bits per heavy atom. The van der Waals surface area contributed by atoms with Gasteiger partial charge in [-0.1, -0.05) is 19.3 Å². The third-order valence-corrected chi connectivity index (χ3v) is 6.26. The van der Waals surface area contributed by atoms with Crippen LogP contribution in [0.3, 0.4) is 0 Å². The molecule has 1 N–H and O–H groups in total. The highest BCUT2D eigenvalue weighted by Crippen LogP contribution is 2.31. The number of hydrogen-bond donors (Lipinski definition) is 1. The van der Waals surface area contributed by atoms with Gasteiger partial charge < -0.3 is 10.0 Å². The molecule has 0 atom stereocenters. The molecule has 4 nitrogen and oxygen atoms in total. The molecule has 1 aromatic rings. The molecular formula is C20H30FN3O. The summed E-state index contributed by atoms with van der Waals surface area (Å²) in [7, 11) is 0. The number of anilines is 1. The molecule has 2 aliphatic heterocycles. The van der Waals surface area contributed by atoms with E-state index in [9.17, 15) is 9.50 Å². The van der Waals surface area contributed by atoms with E-state index in [2.05, 4.69) is 14.7 Å². The van der Waals surface area contributed by atoms with E-state index in [1.165, 1.54) is 19.3 Å². The topological polar surface area (TPSA) is 30.0 Å². The quantitative estimate of drug-likeness (QED) is 0.905. The Hall–Kier alpha value is -1.17. The summed E-state index contributed by atoms with van der Waals surface area (Å²) >= 11 is 0. The molecule has 138 valence electrons. The van der Waals surface area contributed by atoms with Crippen LogP contribution in [0, 0.1) is 5.82 Å². The summed E-state index contributed by atoms with van der Waals surface area (Å²) in [6, 6.07) is 7.48. The van der Waals surface area contributed by atoms with Crippen LogP contribution < -0.4 is 4.90 Å². The van der Waals surface area contributed by atoms with Crippen molar-refractivity contribution in [2.24, 2.45) is 0 Å². The molecule has 3 fully saturated rings. The van der Waals surface area contributed by atoms with Crippen molar-refractivity contribution in [1.82, 2.24) is 9.80 Å². The maximum atomic E-state index is 13.1. The van der Waals surface area contributed by atoms with Gasteiger partial charge in [-0.05, 0) is 37.1 Å². The van der Waals surface area contributed by atoms with Crippen molar-refractivity contribution in [2.45, 2.75) is 43.7 Å². The molecule has 5 heteroatoms. The molecule has 1 saturated carbocycles. The van der Waals surface area contributed by atoms with Crippen LogP contribution in [0.25, 0.3) is 0 Å². The number of hydrogen-bond acceptors (Lipinski definition) is 4. The molecule has 25 heavy (non-hydrogen) atoms. The average Bonchev–Trinajstić information content (AvgIpc) is 2.59. The van der Waals surface area contributed by atoms with Crippen LogP contribution in [-0.4, -0.2) is 72.4 Å². The molecule has 0 unspecified atom stereocenters. The average molecular weight is 347 g/mol. The fourth-order valence-electron chi connectivity index (χ4n) is 4.68.